The fourth-order valence-electron chi connectivity index (χ4n) is 3.30. The van der Waals surface area contributed by atoms with Gasteiger partial charge in [-0.2, -0.15) is 0 Å². The molecule has 0 fully saturated rings. The first-order valence-electron chi connectivity index (χ1n) is 9.70. The van der Waals surface area contributed by atoms with E-state index in [2.05, 4.69) is 19.9 Å². The maximum absolute atomic E-state index is 13.1. The summed E-state index contributed by atoms with van der Waals surface area (Å²) >= 11 is 0. The number of benzene rings is 1. The lowest BCUT2D eigenvalue weighted by atomic mass is 9.73. The van der Waals surface area contributed by atoms with Gasteiger partial charge in [0.15, 0.2) is 17.4 Å². The lowest BCUT2D eigenvalue weighted by molar-refractivity contribution is 0.0946. The summed E-state index contributed by atoms with van der Waals surface area (Å²) in [6, 6.07) is 5.13. The summed E-state index contributed by atoms with van der Waals surface area (Å²) in [6.45, 7) is 5.29. The predicted octanol–water partition coefficient (Wildman–Crippen LogP) is 6.29. The zero-order valence-corrected chi connectivity index (χ0v) is 18.7. The van der Waals surface area contributed by atoms with Crippen molar-refractivity contribution in [2.45, 2.75) is 38.0 Å². The second-order valence-electron chi connectivity index (χ2n) is 8.64. The number of Topliss-reactive ketones (excluding diaryl/α,β-unsaturated/α-hetero) is 1. The fourth-order valence-corrected chi connectivity index (χ4v) is 3.95. The molecule has 1 aromatic carbocycles. The summed E-state index contributed by atoms with van der Waals surface area (Å²) in [5.74, 6) is -1.10. The maximum Gasteiger partial charge on any atom is 0.310 e. The molecule has 0 spiro atoms. The third-order valence-corrected chi connectivity index (χ3v) is 6.13. The molecule has 2 heterocycles. The summed E-state index contributed by atoms with van der Waals surface area (Å²) in [4.78, 5) is 37.6. The van der Waals surface area contributed by atoms with Crippen molar-refractivity contribution in [2.24, 2.45) is 5.41 Å². The van der Waals surface area contributed by atoms with Gasteiger partial charge in [-0.3, -0.25) is 9.59 Å². The summed E-state index contributed by atoms with van der Waals surface area (Å²) < 4.78 is 65.3. The first-order chi connectivity index (χ1) is 14.9. The van der Waals surface area contributed by atoms with Crippen LogP contribution in [0.25, 0.3) is 11.6 Å². The van der Waals surface area contributed by atoms with Gasteiger partial charge in [-0.25, -0.2) is 15.0 Å². The number of halogens is 5. The number of aromatic nitrogens is 4. The molecule has 6 nitrogen and oxygen atoms in total. The van der Waals surface area contributed by atoms with Crippen LogP contribution >= 0.6 is 10.2 Å². The van der Waals surface area contributed by atoms with E-state index in [9.17, 15) is 29.0 Å². The Hall–Kier alpha value is -3.15. The topological polar surface area (TPSA) is 88.6 Å². The number of hydrogen-bond donors (Lipinski definition) is 1. The molecule has 1 N–H and O–H groups in total. The van der Waals surface area contributed by atoms with Crippen LogP contribution in [0.4, 0.5) is 19.4 Å². The second-order valence-corrected chi connectivity index (χ2v) is 11.0. The molecule has 0 amide bonds. The molecule has 1 atom stereocenters. The average Bonchev–Trinajstić information content (AvgIpc) is 2.69. The van der Waals surface area contributed by atoms with Gasteiger partial charge in [0.25, 0.3) is 5.56 Å². The highest BCUT2D eigenvalue weighted by atomic mass is 32.5. The zero-order valence-electron chi connectivity index (χ0n) is 17.9. The van der Waals surface area contributed by atoms with Crippen LogP contribution in [0, 0.1) is 5.41 Å². The van der Waals surface area contributed by atoms with Gasteiger partial charge < -0.3 is 4.98 Å². The first-order valence-corrected chi connectivity index (χ1v) is 11.7. The number of hydrogen-bond acceptors (Lipinski definition) is 5. The molecule has 3 rings (SSSR count). The standard InChI is InChI=1S/C21H21F5N4O2S/c1-21(2,3)15(13-5-7-14(8-6-13)33(22,23,24,25)26)11-17(31)16-12-18(32)30-20(29-16)19-27-9-4-10-28-19/h4-10,12,15H,11H2,1-3H3,(H,29,30,32)/t15-/m0/s1. The minimum absolute atomic E-state index is 0.0148. The highest BCUT2D eigenvalue weighted by molar-refractivity contribution is 8.45. The predicted molar refractivity (Wildman–Crippen MR) is 115 cm³/mol. The van der Waals surface area contributed by atoms with Crippen LogP contribution in [-0.2, 0) is 0 Å². The van der Waals surface area contributed by atoms with Gasteiger partial charge in [-0.1, -0.05) is 52.3 Å². The van der Waals surface area contributed by atoms with Crippen molar-refractivity contribution in [3.05, 3.63) is 70.4 Å². The monoisotopic (exact) mass is 488 g/mol. The molecule has 0 aliphatic heterocycles. The molecule has 178 valence electrons. The Morgan fingerprint density at radius 3 is 2.12 bits per heavy atom. The van der Waals surface area contributed by atoms with E-state index < -0.39 is 37.8 Å². The summed E-state index contributed by atoms with van der Waals surface area (Å²) in [5, 5.41) is 0. The molecular weight excluding hydrogens is 467 g/mol. The molecule has 0 saturated carbocycles. The summed E-state index contributed by atoms with van der Waals surface area (Å²) in [6.07, 6.45) is 2.65. The van der Waals surface area contributed by atoms with Crippen molar-refractivity contribution in [1.82, 2.24) is 19.9 Å². The van der Waals surface area contributed by atoms with Crippen molar-refractivity contribution in [3.63, 3.8) is 0 Å². The number of carbonyl (C=O) groups excluding carboxylic acids is 1. The zero-order chi connectivity index (χ0) is 24.7. The largest absolute Gasteiger partial charge is 0.310 e. The number of ketones is 1. The fraction of sp³-hybridized carbons (Fsp3) is 0.286. The summed E-state index contributed by atoms with van der Waals surface area (Å²) in [5.41, 5.74) is -1.13. The Morgan fingerprint density at radius 1 is 1.03 bits per heavy atom. The number of aromatic amines is 1. The SMILES string of the molecule is CC(C)(C)[C@@H](CC(=O)c1cc(=O)[nH]c(-c2ncccn2)n1)c1ccc(S(F)(F)(F)(F)F)cc1. The van der Waals surface area contributed by atoms with Crippen molar-refractivity contribution >= 4 is 16.0 Å². The smallest absolute Gasteiger partial charge is 0.304 e. The van der Waals surface area contributed by atoms with E-state index in [0.717, 1.165) is 18.2 Å². The molecule has 0 saturated heterocycles. The van der Waals surface area contributed by atoms with E-state index in [-0.39, 0.29) is 29.3 Å². The van der Waals surface area contributed by atoms with Crippen LogP contribution < -0.4 is 5.56 Å². The van der Waals surface area contributed by atoms with E-state index >= 15 is 0 Å². The van der Waals surface area contributed by atoms with Gasteiger partial charge in [0, 0.05) is 24.9 Å². The highest BCUT2D eigenvalue weighted by Gasteiger charge is 2.65. The molecule has 0 bridgehead atoms. The normalized spacial score (nSPS) is 15.4. The van der Waals surface area contributed by atoms with E-state index in [0.29, 0.717) is 12.1 Å². The van der Waals surface area contributed by atoms with Gasteiger partial charge in [-0.15, -0.1) is 0 Å². The Morgan fingerprint density at radius 2 is 1.61 bits per heavy atom. The van der Waals surface area contributed by atoms with E-state index in [1.54, 1.807) is 26.8 Å². The van der Waals surface area contributed by atoms with Gasteiger partial charge >= 0.3 is 10.2 Å². The van der Waals surface area contributed by atoms with E-state index in [1.165, 1.54) is 12.4 Å². The molecule has 0 aliphatic carbocycles. The Kier molecular flexibility index (Phi) is 5.52. The number of nitrogens with one attached hydrogen (secondary N) is 1. The molecule has 2 aromatic heterocycles. The van der Waals surface area contributed by atoms with E-state index in [4.69, 9.17) is 0 Å². The Bertz CT molecular complexity index is 1240. The lowest BCUT2D eigenvalue weighted by Gasteiger charge is -2.40. The van der Waals surface area contributed by atoms with Crippen LogP contribution in [0.2, 0.25) is 0 Å². The minimum Gasteiger partial charge on any atom is -0.304 e. The van der Waals surface area contributed by atoms with Crippen LogP contribution in [-0.4, -0.2) is 25.7 Å². The molecule has 3 aromatic rings. The summed E-state index contributed by atoms with van der Waals surface area (Å²) in [7, 11) is -9.81. The van der Waals surface area contributed by atoms with Crippen molar-refractivity contribution in [3.8, 4) is 11.6 Å². The third kappa shape index (κ3) is 6.01. The van der Waals surface area contributed by atoms with Crippen molar-refractivity contribution < 1.29 is 24.2 Å². The van der Waals surface area contributed by atoms with Crippen molar-refractivity contribution in [1.29, 1.82) is 0 Å². The van der Waals surface area contributed by atoms with E-state index in [1.807, 2.05) is 0 Å². The van der Waals surface area contributed by atoms with Gasteiger partial charge in [0.2, 0.25) is 0 Å². The van der Waals surface area contributed by atoms with Crippen LogP contribution in [0.3, 0.4) is 0 Å². The molecule has 0 unspecified atom stereocenters. The quantitative estimate of drug-likeness (QED) is 0.326. The van der Waals surface area contributed by atoms with Gasteiger partial charge in [0.1, 0.15) is 10.6 Å². The van der Waals surface area contributed by atoms with Gasteiger partial charge in [0.05, 0.1) is 0 Å². The molecule has 0 aliphatic rings. The lowest BCUT2D eigenvalue weighted by Crippen LogP contribution is -2.23. The highest BCUT2D eigenvalue weighted by Crippen LogP contribution is 3.02. The van der Waals surface area contributed by atoms with Crippen LogP contribution in [0.5, 0.6) is 0 Å². The molecule has 12 heteroatoms. The molecule has 0 radical (unpaired) electrons. The average molecular weight is 488 g/mol. The first kappa shape index (κ1) is 24.5. The molecular formula is C21H21F5N4O2S. The van der Waals surface area contributed by atoms with Crippen LogP contribution in [0.1, 0.15) is 49.2 Å². The number of H-pyrrole nitrogens is 1. The van der Waals surface area contributed by atoms with Gasteiger partial charge in [-0.05, 0) is 35.1 Å². The number of nitrogens with zero attached hydrogens (tertiary/aromatic N) is 3. The van der Waals surface area contributed by atoms with Crippen LogP contribution in [0.15, 0.2) is 58.5 Å². The third-order valence-electron chi connectivity index (χ3n) is 4.97. The Labute approximate surface area is 186 Å². The van der Waals surface area contributed by atoms with Crippen molar-refractivity contribution in [2.75, 3.05) is 0 Å². The maximum atomic E-state index is 13.1. The number of rotatable bonds is 6. The molecule has 33 heavy (non-hydrogen) atoms. The Balaban J connectivity index is 1.95. The second kappa shape index (κ2) is 7.44. The number of carbonyl (C=O) groups is 1. The minimum atomic E-state index is -9.81.